The molecule has 11 nitrogen and oxygen atoms in total. The van der Waals surface area contributed by atoms with Gasteiger partial charge in [-0.15, -0.1) is 0 Å². The van der Waals surface area contributed by atoms with E-state index in [1.54, 1.807) is 12.1 Å². The Morgan fingerprint density at radius 3 is 2.24 bits per heavy atom. The van der Waals surface area contributed by atoms with Crippen LogP contribution in [0.3, 0.4) is 0 Å². The predicted molar refractivity (Wildman–Crippen MR) is 148 cm³/mol. The van der Waals surface area contributed by atoms with Crippen molar-refractivity contribution in [3.05, 3.63) is 107 Å². The van der Waals surface area contributed by atoms with Gasteiger partial charge in [-0.05, 0) is 42.5 Å². The van der Waals surface area contributed by atoms with Crippen LogP contribution in [0, 0.1) is 21.7 Å². The molecule has 2 fully saturated rings. The molecular weight excluding hydrogens is 550 g/mol. The lowest BCUT2D eigenvalue weighted by Crippen LogP contribution is -2.46. The molecule has 0 bridgehead atoms. The second-order valence-electron chi connectivity index (χ2n) is 10.1. The van der Waals surface area contributed by atoms with E-state index in [9.17, 15) is 18.9 Å². The van der Waals surface area contributed by atoms with Crippen LogP contribution in [0.4, 0.5) is 25.8 Å². The molecule has 2 aliphatic rings. The van der Waals surface area contributed by atoms with Gasteiger partial charge in [0.2, 0.25) is 0 Å². The molecule has 42 heavy (non-hydrogen) atoms. The van der Waals surface area contributed by atoms with Gasteiger partial charge in [-0.2, -0.15) is 5.10 Å². The third-order valence-corrected chi connectivity index (χ3v) is 7.46. The van der Waals surface area contributed by atoms with Crippen LogP contribution < -0.4 is 14.5 Å². The first-order valence-corrected chi connectivity index (χ1v) is 13.4. The van der Waals surface area contributed by atoms with E-state index in [4.69, 9.17) is 14.2 Å². The summed E-state index contributed by atoms with van der Waals surface area (Å²) in [7, 11) is 0. The molecule has 0 unspecified atom stereocenters. The summed E-state index contributed by atoms with van der Waals surface area (Å²) < 4.78 is 47.9. The SMILES string of the molecule is O=[N+]([O-])c1ccc(N2CCN(c3ccc(OC[C@H]4OC[C@](Cn5cncn5)(c5ccc(F)cc5F)O4)cc3)CC2)cc1. The number of non-ortho nitro benzene ring substituents is 1. The minimum Gasteiger partial charge on any atom is -0.488 e. The third kappa shape index (κ3) is 5.87. The molecule has 2 aliphatic heterocycles. The van der Waals surface area contributed by atoms with Gasteiger partial charge in [0.25, 0.3) is 5.69 Å². The fourth-order valence-corrected chi connectivity index (χ4v) is 5.30. The summed E-state index contributed by atoms with van der Waals surface area (Å²) in [6.07, 6.45) is 2.08. The van der Waals surface area contributed by atoms with Crippen LogP contribution in [0.1, 0.15) is 5.56 Å². The van der Waals surface area contributed by atoms with Gasteiger partial charge in [-0.25, -0.2) is 18.4 Å². The highest BCUT2D eigenvalue weighted by molar-refractivity contribution is 5.54. The van der Waals surface area contributed by atoms with Gasteiger partial charge in [0.15, 0.2) is 6.29 Å². The van der Waals surface area contributed by atoms with Crippen LogP contribution in [0.25, 0.3) is 0 Å². The Morgan fingerprint density at radius 1 is 0.976 bits per heavy atom. The number of anilines is 2. The number of nitro benzene ring substituents is 1. The van der Waals surface area contributed by atoms with Crippen molar-refractivity contribution < 1.29 is 27.9 Å². The number of hydrogen-bond donors (Lipinski definition) is 0. The van der Waals surface area contributed by atoms with Crippen LogP contribution in [-0.4, -0.2) is 65.4 Å². The van der Waals surface area contributed by atoms with Crippen molar-refractivity contribution in [3.63, 3.8) is 0 Å². The zero-order chi connectivity index (χ0) is 29.1. The Bertz CT molecular complexity index is 1510. The molecule has 4 aromatic rings. The summed E-state index contributed by atoms with van der Waals surface area (Å²) in [6.45, 7) is 3.39. The molecule has 2 saturated heterocycles. The van der Waals surface area contributed by atoms with Gasteiger partial charge in [0, 0.05) is 61.3 Å². The summed E-state index contributed by atoms with van der Waals surface area (Å²) in [6, 6.07) is 17.7. The van der Waals surface area contributed by atoms with Gasteiger partial charge in [-0.1, -0.05) is 6.07 Å². The zero-order valence-electron chi connectivity index (χ0n) is 22.5. The number of nitrogens with zero attached hydrogens (tertiary/aromatic N) is 6. The highest BCUT2D eigenvalue weighted by Gasteiger charge is 2.45. The number of rotatable bonds is 9. The molecule has 6 rings (SSSR count). The van der Waals surface area contributed by atoms with E-state index in [0.717, 1.165) is 43.6 Å². The maximum Gasteiger partial charge on any atom is 0.269 e. The molecule has 218 valence electrons. The summed E-state index contributed by atoms with van der Waals surface area (Å²) in [5.41, 5.74) is 1.03. The second kappa shape index (κ2) is 11.7. The number of hydrogen-bond acceptors (Lipinski definition) is 9. The van der Waals surface area contributed by atoms with E-state index in [-0.39, 0.29) is 31.0 Å². The molecule has 0 radical (unpaired) electrons. The lowest BCUT2D eigenvalue weighted by atomic mass is 9.94. The molecule has 1 aromatic heterocycles. The lowest BCUT2D eigenvalue weighted by molar-refractivity contribution is -0.384. The van der Waals surface area contributed by atoms with Crippen LogP contribution in [-0.2, 0) is 21.6 Å². The summed E-state index contributed by atoms with van der Waals surface area (Å²) >= 11 is 0. The van der Waals surface area contributed by atoms with Gasteiger partial charge in [-0.3, -0.25) is 10.1 Å². The molecule has 0 amide bonds. The average molecular weight is 579 g/mol. The Labute approximate surface area is 240 Å². The van der Waals surface area contributed by atoms with Crippen molar-refractivity contribution in [1.29, 1.82) is 0 Å². The highest BCUT2D eigenvalue weighted by atomic mass is 19.1. The molecule has 13 heteroatoms. The standard InChI is InChI=1S/C29H28F2N6O5/c30-21-1-10-26(27(31)15-21)29(17-36-20-32-19-33-36)18-41-28(42-29)16-40-25-8-6-23(7-9-25)35-13-11-34(12-14-35)22-2-4-24(5-3-22)37(38)39/h1-10,15,19-20,28H,11-14,16-18H2/t28-,29+/m0/s1. The van der Waals surface area contributed by atoms with E-state index >= 15 is 0 Å². The second-order valence-corrected chi connectivity index (χ2v) is 10.1. The van der Waals surface area contributed by atoms with Crippen molar-refractivity contribution in [3.8, 4) is 5.75 Å². The fourth-order valence-electron chi connectivity index (χ4n) is 5.30. The zero-order valence-corrected chi connectivity index (χ0v) is 22.5. The quantitative estimate of drug-likeness (QED) is 0.214. The minimum atomic E-state index is -1.24. The molecule has 0 aliphatic carbocycles. The first kappa shape index (κ1) is 27.5. The average Bonchev–Trinajstić information content (AvgIpc) is 3.67. The summed E-state index contributed by atoms with van der Waals surface area (Å²) in [5, 5.41) is 15.0. The topological polar surface area (TPSA) is 108 Å². The van der Waals surface area contributed by atoms with E-state index in [0.29, 0.717) is 5.75 Å². The third-order valence-electron chi connectivity index (χ3n) is 7.46. The Hall–Kier alpha value is -4.62. The minimum absolute atomic E-state index is 0.0221. The Kier molecular flexibility index (Phi) is 7.68. The lowest BCUT2D eigenvalue weighted by Gasteiger charge is -2.37. The molecule has 0 N–H and O–H groups in total. The Morgan fingerprint density at radius 2 is 1.64 bits per heavy atom. The maximum atomic E-state index is 14.8. The van der Waals surface area contributed by atoms with Crippen molar-refractivity contribution in [2.75, 3.05) is 49.2 Å². The molecular formula is C29H28F2N6O5. The smallest absolute Gasteiger partial charge is 0.269 e. The summed E-state index contributed by atoms with van der Waals surface area (Å²) in [4.78, 5) is 18.9. The van der Waals surface area contributed by atoms with Crippen molar-refractivity contribution in [2.45, 2.75) is 18.4 Å². The van der Waals surface area contributed by atoms with Gasteiger partial charge < -0.3 is 24.0 Å². The van der Waals surface area contributed by atoms with Crippen molar-refractivity contribution in [1.82, 2.24) is 14.8 Å². The van der Waals surface area contributed by atoms with E-state index < -0.39 is 28.4 Å². The fraction of sp³-hybridized carbons (Fsp3) is 0.310. The number of halogens is 2. The molecule has 2 atom stereocenters. The van der Waals surface area contributed by atoms with Crippen molar-refractivity contribution in [2.24, 2.45) is 0 Å². The van der Waals surface area contributed by atoms with Gasteiger partial charge >= 0.3 is 0 Å². The molecule has 3 aromatic carbocycles. The van der Waals surface area contributed by atoms with Crippen LogP contribution in [0.2, 0.25) is 0 Å². The highest BCUT2D eigenvalue weighted by Crippen LogP contribution is 2.37. The molecule has 3 heterocycles. The molecule has 0 spiro atoms. The summed E-state index contributed by atoms with van der Waals surface area (Å²) in [5.74, 6) is -0.789. The number of benzene rings is 3. The van der Waals surface area contributed by atoms with E-state index in [1.807, 2.05) is 24.3 Å². The number of aromatic nitrogens is 3. The van der Waals surface area contributed by atoms with Crippen LogP contribution in [0.5, 0.6) is 5.75 Å². The first-order valence-electron chi connectivity index (χ1n) is 13.4. The molecule has 0 saturated carbocycles. The number of piperazine rings is 1. The maximum absolute atomic E-state index is 14.8. The van der Waals surface area contributed by atoms with E-state index in [2.05, 4.69) is 19.9 Å². The normalized spacial score (nSPS) is 20.6. The number of nitro groups is 1. The van der Waals surface area contributed by atoms with Crippen LogP contribution in [0.15, 0.2) is 79.4 Å². The predicted octanol–water partition coefficient (Wildman–Crippen LogP) is 4.14. The first-order chi connectivity index (χ1) is 20.4. The van der Waals surface area contributed by atoms with Gasteiger partial charge in [0.05, 0.1) is 18.1 Å². The van der Waals surface area contributed by atoms with E-state index in [1.165, 1.54) is 41.6 Å². The Balaban J connectivity index is 1.04. The van der Waals surface area contributed by atoms with Crippen molar-refractivity contribution >= 4 is 17.1 Å². The van der Waals surface area contributed by atoms with Crippen LogP contribution >= 0.6 is 0 Å². The number of ether oxygens (including phenoxy) is 3. The largest absolute Gasteiger partial charge is 0.488 e. The monoisotopic (exact) mass is 578 g/mol. The van der Waals surface area contributed by atoms with Gasteiger partial charge in [0.1, 0.15) is 42.2 Å².